The first-order chi connectivity index (χ1) is 29.5. The van der Waals surface area contributed by atoms with Gasteiger partial charge in [-0.05, 0) is 23.3 Å². The number of nitrogens with zero attached hydrogens (tertiary/aromatic N) is 8. The summed E-state index contributed by atoms with van der Waals surface area (Å²) in [6.07, 6.45) is -13.4. The van der Waals surface area contributed by atoms with Crippen molar-refractivity contribution in [3.05, 3.63) is 93.6 Å². The first kappa shape index (κ1) is 49.7. The highest BCUT2D eigenvalue weighted by Crippen LogP contribution is 2.31. The fourth-order valence-corrected chi connectivity index (χ4v) is 7.78. The summed E-state index contributed by atoms with van der Waals surface area (Å²) >= 11 is 0. The zero-order chi connectivity index (χ0) is 47.7. The van der Waals surface area contributed by atoms with Crippen molar-refractivity contribution in [2.75, 3.05) is 25.6 Å². The summed E-state index contributed by atoms with van der Waals surface area (Å²) < 4.78 is 216. The number of benzene rings is 2. The molecule has 0 aliphatic carbocycles. The third kappa shape index (κ3) is 12.9. The van der Waals surface area contributed by atoms with Gasteiger partial charge >= 0.3 is 12.4 Å². The van der Waals surface area contributed by atoms with E-state index in [1.807, 2.05) is 0 Å². The Morgan fingerprint density at radius 1 is 0.562 bits per heavy atom. The molecule has 4 heterocycles. The summed E-state index contributed by atoms with van der Waals surface area (Å²) in [5, 5.41) is 13.1. The number of alkyl halides is 6. The summed E-state index contributed by atoms with van der Waals surface area (Å²) in [6.45, 7) is -1.47. The van der Waals surface area contributed by atoms with Gasteiger partial charge in [-0.15, -0.1) is 20.4 Å². The van der Waals surface area contributed by atoms with Gasteiger partial charge in [0.15, 0.2) is 34.9 Å². The van der Waals surface area contributed by atoms with Crippen LogP contribution in [0.4, 0.5) is 52.7 Å². The van der Waals surface area contributed by atoms with Gasteiger partial charge in [0.05, 0.1) is 50.7 Å². The number of hydrogen-bond donors (Lipinski definition) is 0. The lowest BCUT2D eigenvalue weighted by molar-refractivity contribution is -0.149. The minimum Gasteiger partial charge on any atom is -0.333 e. The van der Waals surface area contributed by atoms with Gasteiger partial charge < -0.3 is 18.9 Å². The summed E-state index contributed by atoms with van der Waals surface area (Å²) in [5.74, 6) is -12.0. The molecule has 2 aliphatic heterocycles. The molecule has 2 atom stereocenters. The molecule has 0 saturated heterocycles. The molecule has 4 aromatic rings. The maximum Gasteiger partial charge on any atom is 0.451 e. The average Bonchev–Trinajstić information content (AvgIpc) is 3.79. The Kier molecular flexibility index (Phi) is 14.7. The van der Waals surface area contributed by atoms with E-state index in [1.54, 1.807) is 0 Å². The largest absolute Gasteiger partial charge is 0.451 e. The Morgan fingerprint density at radius 3 is 1.20 bits per heavy atom. The van der Waals surface area contributed by atoms with Crippen molar-refractivity contribution in [1.82, 2.24) is 39.3 Å². The normalized spacial score (nSPS) is 15.5. The van der Waals surface area contributed by atoms with Crippen molar-refractivity contribution >= 4 is 32.1 Å². The van der Waals surface area contributed by atoms with Crippen molar-refractivity contribution in [2.24, 2.45) is 0 Å². The van der Waals surface area contributed by atoms with Crippen molar-refractivity contribution in [3.8, 4) is 0 Å². The van der Waals surface area contributed by atoms with E-state index in [1.165, 1.54) is 0 Å². The van der Waals surface area contributed by atoms with Crippen molar-refractivity contribution in [1.29, 1.82) is 0 Å². The summed E-state index contributed by atoms with van der Waals surface area (Å²) in [5.41, 5.74) is -0.836. The van der Waals surface area contributed by atoms with Gasteiger partial charge in [0.1, 0.15) is 11.6 Å². The van der Waals surface area contributed by atoms with E-state index in [-0.39, 0.29) is 63.1 Å². The lowest BCUT2D eigenvalue weighted by Gasteiger charge is -2.29. The van der Waals surface area contributed by atoms with Gasteiger partial charge in [-0.3, -0.25) is 18.0 Å². The molecule has 0 unspecified atom stereocenters. The molecule has 352 valence electrons. The van der Waals surface area contributed by atoms with E-state index in [0.717, 1.165) is 18.9 Å². The van der Waals surface area contributed by atoms with Crippen molar-refractivity contribution in [3.63, 3.8) is 0 Å². The minimum atomic E-state index is -4.72. The van der Waals surface area contributed by atoms with Crippen LogP contribution >= 0.6 is 0 Å². The molecule has 6 rings (SSSR count). The Balaban J connectivity index is 0.000000241. The SMILES string of the molecule is CS(=O)(=O)O[C@@H](CC(=O)N1CCn2c(nnc2C(F)(F)F)C1)Cc1cc(F)c(F)cc1F.CS(=O)(=O)O[C@H](CC(=O)N1CCn2c(nnc2C(F)(F)F)C1)Cc1cc(F)c(F)cc1F. The molecule has 0 spiro atoms. The number of carbonyl (C=O) groups excluding carboxylic acids is 2. The van der Waals surface area contributed by atoms with Gasteiger partial charge in [0.2, 0.25) is 23.5 Å². The fraction of sp³-hybridized carbons (Fsp3) is 0.471. The molecule has 0 radical (unpaired) electrons. The van der Waals surface area contributed by atoms with Crippen LogP contribution in [0, 0.1) is 34.9 Å². The number of amides is 2. The molecule has 2 aromatic carbocycles. The number of carbonyl (C=O) groups is 2. The maximum atomic E-state index is 14.0. The van der Waals surface area contributed by atoms with E-state index < -0.39 is 140 Å². The van der Waals surface area contributed by atoms with Crippen LogP contribution in [-0.4, -0.2) is 106 Å². The first-order valence-electron chi connectivity index (χ1n) is 18.1. The van der Waals surface area contributed by atoms with Crippen LogP contribution in [0.15, 0.2) is 24.3 Å². The quantitative estimate of drug-likeness (QED) is 0.113. The number of hydrogen-bond acceptors (Lipinski definition) is 12. The molecule has 0 N–H and O–H groups in total. The monoisotopic (exact) mass is 972 g/mol. The molecule has 16 nitrogen and oxygen atoms in total. The topological polar surface area (TPSA) is 189 Å². The van der Waals surface area contributed by atoms with Gasteiger partial charge in [0, 0.05) is 51.2 Å². The predicted octanol–water partition coefficient (Wildman–Crippen LogP) is 4.07. The maximum absolute atomic E-state index is 14.0. The molecule has 0 saturated carbocycles. The number of halogens is 12. The third-order valence-electron chi connectivity index (χ3n) is 9.22. The van der Waals surface area contributed by atoms with Crippen LogP contribution in [-0.2, 0) is 89.6 Å². The molecule has 0 fully saturated rings. The fourth-order valence-electron chi connectivity index (χ4n) is 6.51. The Bertz CT molecular complexity index is 2450. The number of rotatable bonds is 12. The van der Waals surface area contributed by atoms with E-state index in [2.05, 4.69) is 20.4 Å². The van der Waals surface area contributed by atoms with Gasteiger partial charge in [-0.1, -0.05) is 0 Å². The molecule has 2 aliphatic rings. The summed E-state index contributed by atoms with van der Waals surface area (Å²) in [6, 6.07) is 1.60. The predicted molar refractivity (Wildman–Crippen MR) is 190 cm³/mol. The van der Waals surface area contributed by atoms with E-state index in [4.69, 9.17) is 8.37 Å². The molecule has 2 amide bonds. The highest BCUT2D eigenvalue weighted by atomic mass is 32.2. The highest BCUT2D eigenvalue weighted by molar-refractivity contribution is 7.86. The average molecular weight is 973 g/mol. The molecular weight excluding hydrogens is 941 g/mol. The zero-order valence-electron chi connectivity index (χ0n) is 32.7. The van der Waals surface area contributed by atoms with Gasteiger partial charge in [0.25, 0.3) is 20.2 Å². The lowest BCUT2D eigenvalue weighted by atomic mass is 10.0. The van der Waals surface area contributed by atoms with Crippen LogP contribution in [0.2, 0.25) is 0 Å². The summed E-state index contributed by atoms with van der Waals surface area (Å²) in [4.78, 5) is 27.5. The molecular formula is C34H32F12N8O8S2. The van der Waals surface area contributed by atoms with Crippen LogP contribution in [0.3, 0.4) is 0 Å². The Morgan fingerprint density at radius 2 is 0.891 bits per heavy atom. The van der Waals surface area contributed by atoms with Gasteiger partial charge in [-0.2, -0.15) is 43.2 Å². The smallest absolute Gasteiger partial charge is 0.333 e. The first-order valence-corrected chi connectivity index (χ1v) is 21.7. The summed E-state index contributed by atoms with van der Waals surface area (Å²) in [7, 11) is -8.25. The van der Waals surface area contributed by atoms with E-state index in [9.17, 15) is 79.1 Å². The Hall–Kier alpha value is -5.36. The molecule has 30 heteroatoms. The number of aromatic nitrogens is 6. The van der Waals surface area contributed by atoms with Crippen molar-refractivity contribution in [2.45, 2.75) is 76.4 Å². The third-order valence-corrected chi connectivity index (χ3v) is 10.5. The molecule has 64 heavy (non-hydrogen) atoms. The number of fused-ring (bicyclic) bond motifs is 2. The van der Waals surface area contributed by atoms with Gasteiger partial charge in [-0.25, -0.2) is 26.3 Å². The standard InChI is InChI=1S/2C17H16F6N4O4S/c2*1-32(29,30)31-10(4-9-5-12(19)13(20)7-11(9)18)6-15(28)26-2-3-27-14(8-26)24-25-16(27)17(21,22)23/h2*5,7,10H,2-4,6,8H2,1H3/t2*10-/m10/s1. The van der Waals surface area contributed by atoms with Crippen LogP contribution < -0.4 is 0 Å². The van der Waals surface area contributed by atoms with Crippen LogP contribution in [0.1, 0.15) is 47.3 Å². The van der Waals surface area contributed by atoms with E-state index >= 15 is 0 Å². The van der Waals surface area contributed by atoms with Crippen molar-refractivity contribution < 1.29 is 87.5 Å². The zero-order valence-corrected chi connectivity index (χ0v) is 34.4. The lowest BCUT2D eigenvalue weighted by Crippen LogP contribution is -2.41. The van der Waals surface area contributed by atoms with Crippen LogP contribution in [0.5, 0.6) is 0 Å². The Labute approximate surface area is 354 Å². The minimum absolute atomic E-state index is 0.121. The second-order valence-electron chi connectivity index (χ2n) is 14.2. The van der Waals surface area contributed by atoms with Crippen LogP contribution in [0.25, 0.3) is 0 Å². The molecule has 2 aromatic heterocycles. The second kappa shape index (κ2) is 19.0. The van der Waals surface area contributed by atoms with E-state index in [0.29, 0.717) is 24.6 Å². The highest BCUT2D eigenvalue weighted by Gasteiger charge is 2.41. The molecule has 0 bridgehead atoms. The second-order valence-corrected chi connectivity index (χ2v) is 17.4.